The van der Waals surface area contributed by atoms with E-state index < -0.39 is 10.0 Å². The van der Waals surface area contributed by atoms with E-state index in [9.17, 15) is 13.2 Å². The molecular weight excluding hydrogens is 406 g/mol. The van der Waals surface area contributed by atoms with Crippen molar-refractivity contribution >= 4 is 33.0 Å². The fraction of sp³-hybridized carbons (Fsp3) is 0.381. The number of thiophene rings is 1. The molecule has 4 aliphatic carbocycles. The van der Waals surface area contributed by atoms with Crippen LogP contribution in [0.5, 0.6) is 0 Å². The van der Waals surface area contributed by atoms with Crippen LogP contribution in [0.1, 0.15) is 42.5 Å². The van der Waals surface area contributed by atoms with Gasteiger partial charge in [0.2, 0.25) is 0 Å². The molecule has 0 spiro atoms. The highest BCUT2D eigenvalue weighted by atomic mass is 32.2. The van der Waals surface area contributed by atoms with Crippen molar-refractivity contribution in [3.63, 3.8) is 0 Å². The number of hydrazine groups is 1. The largest absolute Gasteiger partial charge is 0.302 e. The summed E-state index contributed by atoms with van der Waals surface area (Å²) in [6.07, 6.45) is 6.05. The van der Waals surface area contributed by atoms with Crippen LogP contribution in [0.3, 0.4) is 0 Å². The molecule has 3 N–H and O–H groups in total. The van der Waals surface area contributed by atoms with Crippen LogP contribution in [0.2, 0.25) is 0 Å². The lowest BCUT2D eigenvalue weighted by atomic mass is 9.60. The van der Waals surface area contributed by atoms with E-state index in [1.54, 1.807) is 35.7 Å². The fourth-order valence-electron chi connectivity index (χ4n) is 5.19. The molecule has 0 saturated heterocycles. The van der Waals surface area contributed by atoms with Crippen LogP contribution in [0, 0.1) is 17.8 Å². The van der Waals surface area contributed by atoms with E-state index in [2.05, 4.69) is 15.6 Å². The minimum atomic E-state index is -3.72. The second-order valence-electron chi connectivity index (χ2n) is 8.22. The molecule has 29 heavy (non-hydrogen) atoms. The van der Waals surface area contributed by atoms with Crippen molar-refractivity contribution in [2.75, 3.05) is 4.72 Å². The van der Waals surface area contributed by atoms with Crippen molar-refractivity contribution in [1.82, 2.24) is 10.9 Å². The summed E-state index contributed by atoms with van der Waals surface area (Å²) in [5.41, 5.74) is 9.19. The number of carbonyl (C=O) groups is 1. The number of anilines is 1. The third kappa shape index (κ3) is 3.55. The van der Waals surface area contributed by atoms with Gasteiger partial charge < -0.3 is 5.43 Å². The molecule has 1 heterocycles. The van der Waals surface area contributed by atoms with Crippen molar-refractivity contribution in [3.05, 3.63) is 58.6 Å². The van der Waals surface area contributed by atoms with Crippen LogP contribution in [0.15, 0.2) is 57.3 Å². The van der Waals surface area contributed by atoms with Crippen LogP contribution in [0.25, 0.3) is 0 Å². The molecule has 0 radical (unpaired) electrons. The van der Waals surface area contributed by atoms with Gasteiger partial charge in [-0.05, 0) is 73.1 Å². The lowest BCUT2D eigenvalue weighted by Crippen LogP contribution is -2.45. The average Bonchev–Trinajstić information content (AvgIpc) is 3.23. The Morgan fingerprint density at radius 1 is 1.00 bits per heavy atom. The molecule has 1 aromatic carbocycles. The maximum absolute atomic E-state index is 12.8. The van der Waals surface area contributed by atoms with E-state index in [4.69, 9.17) is 0 Å². The second-order valence-corrected chi connectivity index (χ2v) is 11.1. The molecule has 152 valence electrons. The van der Waals surface area contributed by atoms with Crippen molar-refractivity contribution in [2.45, 2.75) is 36.3 Å². The molecule has 0 aliphatic heterocycles. The third-order valence-electron chi connectivity index (χ3n) is 6.25. The molecule has 6 rings (SSSR count). The summed E-state index contributed by atoms with van der Waals surface area (Å²) in [7, 11) is -3.72. The number of benzene rings is 1. The van der Waals surface area contributed by atoms with Gasteiger partial charge in [0.15, 0.2) is 0 Å². The highest BCUT2D eigenvalue weighted by molar-refractivity contribution is 7.94. The van der Waals surface area contributed by atoms with E-state index in [0.717, 1.165) is 36.0 Å². The molecule has 1 amide bonds. The zero-order valence-corrected chi connectivity index (χ0v) is 17.5. The zero-order chi connectivity index (χ0) is 20.0. The zero-order valence-electron chi connectivity index (χ0n) is 15.9. The Morgan fingerprint density at radius 3 is 2.45 bits per heavy atom. The summed E-state index contributed by atoms with van der Waals surface area (Å²) in [5.74, 6) is 1.80. The molecule has 1 unspecified atom stereocenters. The summed E-state index contributed by atoms with van der Waals surface area (Å²) < 4.78 is 27.9. The number of carbonyl (C=O) groups excluding carboxylic acids is 1. The van der Waals surface area contributed by atoms with Gasteiger partial charge in [0, 0.05) is 11.6 Å². The first kappa shape index (κ1) is 18.7. The lowest BCUT2D eigenvalue weighted by Gasteiger charge is -2.47. The van der Waals surface area contributed by atoms with Crippen molar-refractivity contribution in [1.29, 1.82) is 0 Å². The Bertz CT molecular complexity index is 1060. The van der Waals surface area contributed by atoms with Crippen molar-refractivity contribution in [2.24, 2.45) is 17.8 Å². The minimum Gasteiger partial charge on any atom is -0.302 e. The summed E-state index contributed by atoms with van der Waals surface area (Å²) >= 11 is 1.14. The van der Waals surface area contributed by atoms with Gasteiger partial charge in [0.1, 0.15) is 4.21 Å². The topological polar surface area (TPSA) is 87.3 Å². The van der Waals surface area contributed by atoms with Gasteiger partial charge in [-0.15, -0.1) is 11.3 Å². The Balaban J connectivity index is 1.32. The van der Waals surface area contributed by atoms with Gasteiger partial charge in [0.25, 0.3) is 15.9 Å². The van der Waals surface area contributed by atoms with E-state index >= 15 is 0 Å². The molecule has 4 bridgehead atoms. The number of rotatable bonds is 6. The first-order chi connectivity index (χ1) is 14.0. The van der Waals surface area contributed by atoms with Crippen molar-refractivity contribution in [3.8, 4) is 0 Å². The van der Waals surface area contributed by atoms with Gasteiger partial charge in [-0.25, -0.2) is 8.42 Å². The van der Waals surface area contributed by atoms with Gasteiger partial charge in [0.05, 0.1) is 11.3 Å². The first-order valence-corrected chi connectivity index (χ1v) is 12.3. The van der Waals surface area contributed by atoms with E-state index in [-0.39, 0.29) is 21.4 Å². The van der Waals surface area contributed by atoms with Crippen LogP contribution < -0.4 is 15.6 Å². The number of amides is 1. The predicted molar refractivity (Wildman–Crippen MR) is 113 cm³/mol. The summed E-state index contributed by atoms with van der Waals surface area (Å²) in [6, 6.07) is 9.88. The minimum absolute atomic E-state index is 0.214. The number of nitrogens with one attached hydrogen (secondary N) is 3. The Morgan fingerprint density at radius 2 is 1.76 bits per heavy atom. The van der Waals surface area contributed by atoms with Crippen LogP contribution in [-0.2, 0) is 10.0 Å². The molecular formula is C21H23N3O3S2. The lowest BCUT2D eigenvalue weighted by molar-refractivity contribution is 0.0925. The maximum Gasteiger partial charge on any atom is 0.271 e. The summed E-state index contributed by atoms with van der Waals surface area (Å²) in [5, 5.41) is 1.71. The number of para-hydroxylation sites is 1. The Labute approximate surface area is 174 Å². The molecule has 2 saturated carbocycles. The van der Waals surface area contributed by atoms with Gasteiger partial charge in [-0.1, -0.05) is 18.2 Å². The standard InChI is InChI=1S/C21H23N3O3S2/c25-21(23-22-20-15-9-13-8-14(11-15)12-16(20)10-13)17-4-1-2-5-18(17)24-29(26,27)19-6-3-7-28-19/h1-7,13-15,22,24H,8-12H2,(H,23,25)/t13-,14+,15?. The fourth-order valence-corrected chi connectivity index (χ4v) is 7.26. The van der Waals surface area contributed by atoms with E-state index in [1.165, 1.54) is 36.6 Å². The number of allylic oxidation sites excluding steroid dienone is 2. The second kappa shape index (κ2) is 7.18. The Kier molecular flexibility index (Phi) is 4.63. The van der Waals surface area contributed by atoms with Crippen LogP contribution >= 0.6 is 11.3 Å². The monoisotopic (exact) mass is 429 g/mol. The molecule has 4 aliphatic rings. The third-order valence-corrected chi connectivity index (χ3v) is 9.01. The molecule has 8 heteroatoms. The van der Waals surface area contributed by atoms with Crippen molar-refractivity contribution < 1.29 is 13.2 Å². The number of hydrogen-bond donors (Lipinski definition) is 3. The molecule has 2 aromatic rings. The molecule has 1 aromatic heterocycles. The number of sulfonamides is 1. The van der Waals surface area contributed by atoms with E-state index in [0.29, 0.717) is 5.92 Å². The highest BCUT2D eigenvalue weighted by Gasteiger charge is 2.41. The highest BCUT2D eigenvalue weighted by Crippen LogP contribution is 2.52. The molecule has 3 atom stereocenters. The summed E-state index contributed by atoms with van der Waals surface area (Å²) in [4.78, 5) is 12.8. The Hall–Kier alpha value is -2.32. The smallest absolute Gasteiger partial charge is 0.271 e. The average molecular weight is 430 g/mol. The molecule has 6 nitrogen and oxygen atoms in total. The van der Waals surface area contributed by atoms with Crippen LogP contribution in [0.4, 0.5) is 5.69 Å². The molecule has 2 fully saturated rings. The SMILES string of the molecule is O=C(NNC1=C2C[C@@H]3CC1C[C@H](C2)C3)c1ccccc1NS(=O)(=O)c1cccs1. The van der Waals surface area contributed by atoms with Gasteiger partial charge in [-0.3, -0.25) is 14.9 Å². The van der Waals surface area contributed by atoms with E-state index in [1.807, 2.05) is 0 Å². The normalized spacial score (nSPS) is 25.2. The first-order valence-electron chi connectivity index (χ1n) is 9.93. The summed E-state index contributed by atoms with van der Waals surface area (Å²) in [6.45, 7) is 0. The quantitative estimate of drug-likeness (QED) is 0.608. The van der Waals surface area contributed by atoms with Gasteiger partial charge >= 0.3 is 0 Å². The maximum atomic E-state index is 12.8. The van der Waals surface area contributed by atoms with Crippen LogP contribution in [-0.4, -0.2) is 14.3 Å². The van der Waals surface area contributed by atoms with Gasteiger partial charge in [-0.2, -0.15) is 0 Å². The number of hydrogen-bond acceptors (Lipinski definition) is 5. The predicted octanol–water partition coefficient (Wildman–Crippen LogP) is 3.88.